The minimum absolute atomic E-state index is 0.00642. The van der Waals surface area contributed by atoms with Gasteiger partial charge in [0, 0.05) is 17.2 Å². The Morgan fingerprint density at radius 2 is 1.60 bits per heavy atom. The maximum absolute atomic E-state index is 13.6. The fourth-order valence-corrected chi connectivity index (χ4v) is 3.45. The molecular weight excluding hydrogens is 350 g/mol. The van der Waals surface area contributed by atoms with E-state index in [1.165, 1.54) is 24.3 Å². The minimum Gasteiger partial charge on any atom is -0.319 e. The van der Waals surface area contributed by atoms with Crippen molar-refractivity contribution >= 4 is 21.6 Å². The van der Waals surface area contributed by atoms with Crippen LogP contribution < -0.4 is 10.0 Å². The predicted molar refractivity (Wildman–Crippen MR) is 90.8 cm³/mol. The van der Waals surface area contributed by atoms with Crippen molar-refractivity contribution in [3.63, 3.8) is 0 Å². The minimum atomic E-state index is -3.71. The SMILES string of the molecule is CC(C)(C)NS(=O)(=O)c1ccc(C(=O)Nc2ccc(F)cc2F)cc1. The molecule has 25 heavy (non-hydrogen) atoms. The Labute approximate surface area is 145 Å². The second-order valence-corrected chi connectivity index (χ2v) is 8.14. The molecule has 0 saturated heterocycles. The number of carbonyl (C=O) groups excluding carboxylic acids is 1. The molecule has 0 bridgehead atoms. The summed E-state index contributed by atoms with van der Waals surface area (Å²) in [6.07, 6.45) is 0. The molecule has 1 amide bonds. The van der Waals surface area contributed by atoms with Crippen molar-refractivity contribution in [1.29, 1.82) is 0 Å². The van der Waals surface area contributed by atoms with Crippen molar-refractivity contribution in [3.05, 3.63) is 59.7 Å². The number of amides is 1. The van der Waals surface area contributed by atoms with Crippen LogP contribution in [0.25, 0.3) is 0 Å². The van der Waals surface area contributed by atoms with Gasteiger partial charge in [-0.2, -0.15) is 0 Å². The molecule has 0 heterocycles. The van der Waals surface area contributed by atoms with Gasteiger partial charge in [-0.3, -0.25) is 4.79 Å². The number of hydrogen-bond donors (Lipinski definition) is 2. The molecule has 8 heteroatoms. The summed E-state index contributed by atoms with van der Waals surface area (Å²) in [5, 5.41) is 2.30. The van der Waals surface area contributed by atoms with Crippen LogP contribution in [-0.2, 0) is 10.0 Å². The van der Waals surface area contributed by atoms with E-state index in [1.54, 1.807) is 20.8 Å². The number of benzene rings is 2. The molecule has 0 saturated carbocycles. The molecule has 2 aromatic carbocycles. The van der Waals surface area contributed by atoms with Crippen LogP contribution >= 0.6 is 0 Å². The summed E-state index contributed by atoms with van der Waals surface area (Å²) < 4.78 is 53.3. The van der Waals surface area contributed by atoms with Crippen LogP contribution in [0, 0.1) is 11.6 Å². The summed E-state index contributed by atoms with van der Waals surface area (Å²) in [6, 6.07) is 7.97. The molecule has 0 fully saturated rings. The van der Waals surface area contributed by atoms with E-state index in [0.717, 1.165) is 12.1 Å². The lowest BCUT2D eigenvalue weighted by molar-refractivity contribution is 0.102. The number of carbonyl (C=O) groups is 1. The largest absolute Gasteiger partial charge is 0.319 e. The van der Waals surface area contributed by atoms with Crippen molar-refractivity contribution in [2.75, 3.05) is 5.32 Å². The first-order valence-electron chi connectivity index (χ1n) is 7.38. The summed E-state index contributed by atoms with van der Waals surface area (Å²) in [5.41, 5.74) is -0.675. The third-order valence-electron chi connectivity index (χ3n) is 3.05. The zero-order valence-electron chi connectivity index (χ0n) is 13.9. The van der Waals surface area contributed by atoms with E-state index in [-0.39, 0.29) is 16.1 Å². The number of anilines is 1. The Bertz CT molecular complexity index is 889. The Kier molecular flexibility index (Phi) is 5.24. The lowest BCUT2D eigenvalue weighted by atomic mass is 10.1. The van der Waals surface area contributed by atoms with Crippen molar-refractivity contribution in [2.24, 2.45) is 0 Å². The Morgan fingerprint density at radius 1 is 1.00 bits per heavy atom. The molecule has 0 atom stereocenters. The molecule has 0 aromatic heterocycles. The molecule has 0 aliphatic carbocycles. The molecule has 0 radical (unpaired) electrons. The van der Waals surface area contributed by atoms with Crippen LogP contribution in [0.3, 0.4) is 0 Å². The summed E-state index contributed by atoms with van der Waals surface area (Å²) in [5.74, 6) is -2.29. The molecule has 0 aliphatic heterocycles. The maximum atomic E-state index is 13.6. The van der Waals surface area contributed by atoms with Gasteiger partial charge in [-0.05, 0) is 57.2 Å². The van der Waals surface area contributed by atoms with Crippen LogP contribution in [0.4, 0.5) is 14.5 Å². The topological polar surface area (TPSA) is 75.3 Å². The molecule has 134 valence electrons. The van der Waals surface area contributed by atoms with Crippen LogP contribution in [0.15, 0.2) is 47.4 Å². The van der Waals surface area contributed by atoms with Gasteiger partial charge in [-0.15, -0.1) is 0 Å². The monoisotopic (exact) mass is 368 g/mol. The number of nitrogens with one attached hydrogen (secondary N) is 2. The highest BCUT2D eigenvalue weighted by atomic mass is 32.2. The van der Waals surface area contributed by atoms with Crippen LogP contribution in [-0.4, -0.2) is 19.9 Å². The number of hydrogen-bond acceptors (Lipinski definition) is 3. The van der Waals surface area contributed by atoms with Crippen molar-refractivity contribution in [1.82, 2.24) is 4.72 Å². The van der Waals surface area contributed by atoms with E-state index in [9.17, 15) is 22.0 Å². The van der Waals surface area contributed by atoms with Gasteiger partial charge in [0.2, 0.25) is 10.0 Å². The highest BCUT2D eigenvalue weighted by molar-refractivity contribution is 7.89. The normalized spacial score (nSPS) is 12.0. The molecule has 0 spiro atoms. The summed E-state index contributed by atoms with van der Waals surface area (Å²) in [4.78, 5) is 12.1. The predicted octanol–water partition coefficient (Wildman–Crippen LogP) is 3.29. The fourth-order valence-electron chi connectivity index (χ4n) is 2.03. The van der Waals surface area contributed by atoms with Gasteiger partial charge >= 0.3 is 0 Å². The smallest absolute Gasteiger partial charge is 0.255 e. The third-order valence-corrected chi connectivity index (χ3v) is 4.82. The Balaban J connectivity index is 2.18. The summed E-state index contributed by atoms with van der Waals surface area (Å²) >= 11 is 0. The highest BCUT2D eigenvalue weighted by Crippen LogP contribution is 2.18. The third kappa shape index (κ3) is 5.07. The first-order chi connectivity index (χ1) is 11.5. The van der Waals surface area contributed by atoms with Gasteiger partial charge in [0.1, 0.15) is 11.6 Å². The van der Waals surface area contributed by atoms with Gasteiger partial charge in [-0.25, -0.2) is 21.9 Å². The molecule has 2 rings (SSSR count). The standard InChI is InChI=1S/C17H18F2N2O3S/c1-17(2,3)21-25(23,24)13-7-4-11(5-8-13)16(22)20-15-9-6-12(18)10-14(15)19/h4-10,21H,1-3H3,(H,20,22). The van der Waals surface area contributed by atoms with Gasteiger partial charge in [0.25, 0.3) is 5.91 Å². The molecule has 0 unspecified atom stereocenters. The first-order valence-corrected chi connectivity index (χ1v) is 8.87. The van der Waals surface area contributed by atoms with Crippen molar-refractivity contribution < 1.29 is 22.0 Å². The van der Waals surface area contributed by atoms with Crippen molar-refractivity contribution in [2.45, 2.75) is 31.2 Å². The van der Waals surface area contributed by atoms with Gasteiger partial charge < -0.3 is 5.32 Å². The summed E-state index contributed by atoms with van der Waals surface area (Å²) in [7, 11) is -3.71. The second-order valence-electron chi connectivity index (χ2n) is 6.46. The van der Waals surface area contributed by atoms with Crippen LogP contribution in [0.5, 0.6) is 0 Å². The number of rotatable bonds is 4. The van der Waals surface area contributed by atoms with E-state index in [1.807, 2.05) is 0 Å². The first kappa shape index (κ1) is 19.0. The Morgan fingerprint density at radius 3 is 2.12 bits per heavy atom. The molecule has 2 N–H and O–H groups in total. The van der Waals surface area contributed by atoms with E-state index in [0.29, 0.717) is 6.07 Å². The number of sulfonamides is 1. The van der Waals surface area contributed by atoms with E-state index < -0.39 is 33.1 Å². The average Bonchev–Trinajstić information content (AvgIpc) is 2.48. The van der Waals surface area contributed by atoms with Crippen molar-refractivity contribution in [3.8, 4) is 0 Å². The van der Waals surface area contributed by atoms with E-state index in [4.69, 9.17) is 0 Å². The Hall–Kier alpha value is -2.32. The van der Waals surface area contributed by atoms with Gasteiger partial charge in [0.15, 0.2) is 0 Å². The zero-order chi connectivity index (χ0) is 18.8. The van der Waals surface area contributed by atoms with Gasteiger partial charge in [-0.1, -0.05) is 0 Å². The van der Waals surface area contributed by atoms with Crippen LogP contribution in [0.2, 0.25) is 0 Å². The maximum Gasteiger partial charge on any atom is 0.255 e. The van der Waals surface area contributed by atoms with E-state index in [2.05, 4.69) is 10.0 Å². The van der Waals surface area contributed by atoms with Gasteiger partial charge in [0.05, 0.1) is 10.6 Å². The lowest BCUT2D eigenvalue weighted by Gasteiger charge is -2.20. The second kappa shape index (κ2) is 6.89. The summed E-state index contributed by atoms with van der Waals surface area (Å²) in [6.45, 7) is 5.14. The van der Waals surface area contributed by atoms with Crippen LogP contribution in [0.1, 0.15) is 31.1 Å². The molecule has 5 nitrogen and oxygen atoms in total. The fraction of sp³-hybridized carbons (Fsp3) is 0.235. The molecule has 2 aromatic rings. The molecule has 0 aliphatic rings. The average molecular weight is 368 g/mol. The van der Waals surface area contributed by atoms with E-state index >= 15 is 0 Å². The zero-order valence-corrected chi connectivity index (χ0v) is 14.7. The number of halogens is 2. The molecular formula is C17H18F2N2O3S. The quantitative estimate of drug-likeness (QED) is 0.870. The lowest BCUT2D eigenvalue weighted by Crippen LogP contribution is -2.40. The highest BCUT2D eigenvalue weighted by Gasteiger charge is 2.22.